The molecule has 8 nitrogen and oxygen atoms in total. The molecule has 2 aromatic rings. The molecule has 0 bridgehead atoms. The van der Waals surface area contributed by atoms with Gasteiger partial charge in [-0.2, -0.15) is 0 Å². The normalized spacial score (nSPS) is 14.9. The van der Waals surface area contributed by atoms with Crippen molar-refractivity contribution >= 4 is 23.4 Å². The number of carbonyl (C=O) groups excluding carboxylic acids is 2. The molecule has 4 rings (SSSR count). The standard InChI is InChI=1S/C29H34ClN3O5.2C2H6/c1-20(2)27(22-5-7-23(30)8-6-22)28(35)33-15-11-29(12-16-33)37-24-9-3-21(19-25(24)38-29)4-10-26(34)32-14-18-36-17-13-31;2*1-2/h3,5-9,19-20,27H,11-18,31H2,1-2H3,(H,32,34);2*1-2H3. The number of fused-ring (bicyclic) bond motifs is 1. The van der Waals surface area contributed by atoms with Crippen LogP contribution >= 0.6 is 11.6 Å². The number of ether oxygens (including phenoxy) is 3. The summed E-state index contributed by atoms with van der Waals surface area (Å²) in [7, 11) is 0. The molecule has 2 heterocycles. The van der Waals surface area contributed by atoms with Gasteiger partial charge in [0.15, 0.2) is 11.5 Å². The van der Waals surface area contributed by atoms with Crippen LogP contribution in [0.1, 0.15) is 71.4 Å². The van der Waals surface area contributed by atoms with Gasteiger partial charge in [-0.1, -0.05) is 71.2 Å². The van der Waals surface area contributed by atoms with Gasteiger partial charge in [-0.05, 0) is 41.8 Å². The Morgan fingerprint density at radius 3 is 2.29 bits per heavy atom. The molecule has 2 aliphatic rings. The summed E-state index contributed by atoms with van der Waals surface area (Å²) in [6, 6.07) is 12.9. The topological polar surface area (TPSA) is 103 Å². The van der Waals surface area contributed by atoms with Crippen LogP contribution in [-0.4, -0.2) is 61.9 Å². The minimum absolute atomic E-state index is 0.106. The number of benzene rings is 2. The molecule has 3 N–H and O–H groups in total. The van der Waals surface area contributed by atoms with E-state index < -0.39 is 5.79 Å². The van der Waals surface area contributed by atoms with E-state index in [1.54, 1.807) is 18.2 Å². The maximum Gasteiger partial charge on any atom is 0.296 e. The summed E-state index contributed by atoms with van der Waals surface area (Å²) in [5.74, 6) is 5.50. The van der Waals surface area contributed by atoms with E-state index in [4.69, 9.17) is 31.5 Å². The van der Waals surface area contributed by atoms with Crippen LogP contribution < -0.4 is 20.5 Å². The number of nitrogens with two attached hydrogens (primary N) is 1. The number of rotatable bonds is 8. The van der Waals surface area contributed by atoms with E-state index in [0.717, 1.165) is 5.56 Å². The first-order valence-corrected chi connectivity index (χ1v) is 15.3. The molecule has 0 aliphatic carbocycles. The molecule has 1 unspecified atom stereocenters. The minimum Gasteiger partial charge on any atom is -0.448 e. The molecule has 9 heteroatoms. The number of carbonyl (C=O) groups is 2. The van der Waals surface area contributed by atoms with Crippen LogP contribution in [-0.2, 0) is 14.3 Å². The van der Waals surface area contributed by atoms with E-state index in [-0.39, 0.29) is 23.7 Å². The van der Waals surface area contributed by atoms with Crippen LogP contribution in [0.15, 0.2) is 42.5 Å². The predicted molar refractivity (Wildman–Crippen MR) is 168 cm³/mol. The highest BCUT2D eigenvalue weighted by molar-refractivity contribution is 6.30. The smallest absolute Gasteiger partial charge is 0.296 e. The van der Waals surface area contributed by atoms with Crippen LogP contribution in [0.2, 0.25) is 5.02 Å². The Morgan fingerprint density at radius 1 is 1.02 bits per heavy atom. The number of piperidine rings is 1. The lowest BCUT2D eigenvalue weighted by Crippen LogP contribution is -2.52. The van der Waals surface area contributed by atoms with Gasteiger partial charge in [0.2, 0.25) is 5.91 Å². The maximum atomic E-state index is 13.5. The van der Waals surface area contributed by atoms with Crippen molar-refractivity contribution in [3.63, 3.8) is 0 Å². The second-order valence-electron chi connectivity index (χ2n) is 9.78. The van der Waals surface area contributed by atoms with Gasteiger partial charge < -0.3 is 30.2 Å². The van der Waals surface area contributed by atoms with Crippen LogP contribution in [0, 0.1) is 17.8 Å². The van der Waals surface area contributed by atoms with Crippen molar-refractivity contribution in [2.45, 2.75) is 66.1 Å². The van der Waals surface area contributed by atoms with Gasteiger partial charge in [-0.3, -0.25) is 9.59 Å². The Morgan fingerprint density at radius 2 is 1.67 bits per heavy atom. The van der Waals surface area contributed by atoms with Crippen molar-refractivity contribution in [3.05, 3.63) is 58.6 Å². The largest absolute Gasteiger partial charge is 0.448 e. The van der Waals surface area contributed by atoms with Gasteiger partial charge >= 0.3 is 0 Å². The number of nitrogens with zero attached hydrogens (tertiary/aromatic N) is 1. The van der Waals surface area contributed by atoms with Crippen LogP contribution in [0.3, 0.4) is 0 Å². The molecule has 1 atom stereocenters. The third-order valence-electron chi connectivity index (χ3n) is 6.65. The average molecular weight is 600 g/mol. The Bertz CT molecular complexity index is 1200. The minimum atomic E-state index is -0.806. The Balaban J connectivity index is 0.00000148. The van der Waals surface area contributed by atoms with Crippen molar-refractivity contribution in [1.29, 1.82) is 0 Å². The fourth-order valence-corrected chi connectivity index (χ4v) is 4.84. The molecule has 0 aromatic heterocycles. The first kappa shape index (κ1) is 34.9. The second-order valence-corrected chi connectivity index (χ2v) is 10.2. The summed E-state index contributed by atoms with van der Waals surface area (Å²) < 4.78 is 17.7. The number of halogens is 1. The van der Waals surface area contributed by atoms with Gasteiger partial charge in [0.1, 0.15) is 0 Å². The third-order valence-corrected chi connectivity index (χ3v) is 6.90. The molecule has 0 radical (unpaired) electrons. The summed E-state index contributed by atoms with van der Waals surface area (Å²) in [6.07, 6.45) is 1.10. The molecule has 42 heavy (non-hydrogen) atoms. The predicted octanol–water partition coefficient (Wildman–Crippen LogP) is 5.37. The summed E-state index contributed by atoms with van der Waals surface area (Å²) in [6.45, 7) is 14.8. The van der Waals surface area contributed by atoms with Crippen LogP contribution in [0.5, 0.6) is 11.5 Å². The third kappa shape index (κ3) is 9.65. The zero-order valence-electron chi connectivity index (χ0n) is 25.8. The number of amides is 2. The molecule has 230 valence electrons. The van der Waals surface area contributed by atoms with Crippen LogP contribution in [0.4, 0.5) is 0 Å². The lowest BCUT2D eigenvalue weighted by atomic mass is 9.86. The lowest BCUT2D eigenvalue weighted by molar-refractivity contribution is -0.148. The highest BCUT2D eigenvalue weighted by Crippen LogP contribution is 2.44. The van der Waals surface area contributed by atoms with E-state index in [9.17, 15) is 9.59 Å². The SMILES string of the molecule is CC.CC.CC(C)C(C(=O)N1CCC2(CC1)Oc1ccc(C#CC(=O)NCCOCCN)cc1O2)c1ccc(Cl)cc1. The van der Waals surface area contributed by atoms with Crippen LogP contribution in [0.25, 0.3) is 0 Å². The molecular weight excluding hydrogens is 554 g/mol. The van der Waals surface area contributed by atoms with Gasteiger partial charge in [0, 0.05) is 55.5 Å². The van der Waals surface area contributed by atoms with E-state index >= 15 is 0 Å². The van der Waals surface area contributed by atoms with Crippen molar-refractivity contribution in [1.82, 2.24) is 10.2 Å². The second kappa shape index (κ2) is 17.6. The Labute approximate surface area is 256 Å². The lowest BCUT2D eigenvalue weighted by Gasteiger charge is -2.39. The monoisotopic (exact) mass is 599 g/mol. The number of hydrogen-bond acceptors (Lipinski definition) is 6. The fourth-order valence-electron chi connectivity index (χ4n) is 4.72. The molecule has 2 aromatic carbocycles. The first-order valence-electron chi connectivity index (χ1n) is 14.9. The van der Waals surface area contributed by atoms with Gasteiger partial charge in [0.05, 0.1) is 19.1 Å². The highest BCUT2D eigenvalue weighted by Gasteiger charge is 2.46. The molecule has 1 saturated heterocycles. The Hall–Kier alpha value is -3.25. The van der Waals surface area contributed by atoms with Crippen molar-refractivity contribution in [3.8, 4) is 23.3 Å². The molecule has 1 fully saturated rings. The summed E-state index contributed by atoms with van der Waals surface area (Å²) >= 11 is 6.05. The quantitative estimate of drug-likeness (QED) is 0.313. The molecule has 0 saturated carbocycles. The number of hydrogen-bond donors (Lipinski definition) is 2. The van der Waals surface area contributed by atoms with Gasteiger partial charge in [0.25, 0.3) is 11.7 Å². The van der Waals surface area contributed by atoms with Gasteiger partial charge in [-0.25, -0.2) is 0 Å². The summed E-state index contributed by atoms with van der Waals surface area (Å²) in [5, 5.41) is 3.33. The number of likely N-dealkylation sites (tertiary alicyclic amines) is 1. The van der Waals surface area contributed by atoms with E-state index in [2.05, 4.69) is 31.0 Å². The van der Waals surface area contributed by atoms with Gasteiger partial charge in [-0.15, -0.1) is 0 Å². The van der Waals surface area contributed by atoms with E-state index in [1.165, 1.54) is 0 Å². The average Bonchev–Trinajstić information content (AvgIpc) is 3.36. The molecule has 2 aliphatic heterocycles. The van der Waals surface area contributed by atoms with Crippen molar-refractivity contribution in [2.24, 2.45) is 11.7 Å². The maximum absolute atomic E-state index is 13.5. The molecule has 1 spiro atoms. The molecule has 2 amide bonds. The van der Waals surface area contributed by atoms with E-state index in [0.29, 0.717) is 74.3 Å². The fraction of sp³-hybridized carbons (Fsp3) is 0.515. The summed E-state index contributed by atoms with van der Waals surface area (Å²) in [5.41, 5.74) is 6.97. The molecular formula is C33H46ClN3O5. The Kier molecular flexibility index (Phi) is 14.7. The zero-order chi connectivity index (χ0) is 31.1. The first-order chi connectivity index (χ1) is 20.3. The van der Waals surface area contributed by atoms with Crippen molar-refractivity contribution in [2.75, 3.05) is 39.4 Å². The van der Waals surface area contributed by atoms with Crippen molar-refractivity contribution < 1.29 is 23.8 Å². The summed E-state index contributed by atoms with van der Waals surface area (Å²) in [4.78, 5) is 27.3. The zero-order valence-corrected chi connectivity index (χ0v) is 26.6. The van der Waals surface area contributed by atoms with E-state index in [1.807, 2.05) is 56.9 Å². The highest BCUT2D eigenvalue weighted by atomic mass is 35.5. The number of nitrogens with one attached hydrogen (secondary N) is 1.